The monoisotopic (exact) mass is 543 g/mol. The number of carbonyl (C=O) groups excluding carboxylic acids is 2. The van der Waals surface area contributed by atoms with Crippen LogP contribution in [0.15, 0.2) is 58.6 Å². The number of nitrogens with zero attached hydrogens (tertiary/aromatic N) is 3. The normalized spacial score (nSPS) is 25.6. The summed E-state index contributed by atoms with van der Waals surface area (Å²) in [6, 6.07) is 15.8. The fraction of sp³-hybridized carbons (Fsp3) is 0.484. The van der Waals surface area contributed by atoms with Gasteiger partial charge in [-0.05, 0) is 79.5 Å². The Balaban J connectivity index is 1.43. The summed E-state index contributed by atoms with van der Waals surface area (Å²) in [7, 11) is 0. The number of carbonyl (C=O) groups is 2. The smallest absolute Gasteiger partial charge is 0.275 e. The third kappa shape index (κ3) is 5.61. The Labute approximate surface area is 236 Å². The molecular formula is C31H41N7O2. The Hall–Kier alpha value is -3.72. The van der Waals surface area contributed by atoms with Gasteiger partial charge in [-0.2, -0.15) is 5.10 Å². The molecule has 0 aromatic heterocycles. The third-order valence-electron chi connectivity index (χ3n) is 8.47. The van der Waals surface area contributed by atoms with E-state index in [2.05, 4.69) is 65.9 Å². The highest BCUT2D eigenvalue weighted by Crippen LogP contribution is 2.48. The van der Waals surface area contributed by atoms with Gasteiger partial charge < -0.3 is 16.0 Å². The zero-order valence-electron chi connectivity index (χ0n) is 23.7. The van der Waals surface area contributed by atoms with E-state index in [9.17, 15) is 9.59 Å². The van der Waals surface area contributed by atoms with Crippen LogP contribution in [0.4, 0.5) is 0 Å². The van der Waals surface area contributed by atoms with Crippen molar-refractivity contribution in [3.05, 3.63) is 70.8 Å². The second-order valence-electron chi connectivity index (χ2n) is 11.8. The summed E-state index contributed by atoms with van der Waals surface area (Å²) in [5, 5.41) is 6.37. The first-order valence-corrected chi connectivity index (χ1v) is 14.4. The largest absolute Gasteiger partial charge is 0.384 e. The molecule has 2 fully saturated rings. The summed E-state index contributed by atoms with van der Waals surface area (Å²) in [5.41, 5.74) is 11.5. The van der Waals surface area contributed by atoms with Gasteiger partial charge in [-0.25, -0.2) is 11.4 Å². The van der Waals surface area contributed by atoms with E-state index < -0.39 is 5.66 Å². The van der Waals surface area contributed by atoms with Crippen molar-refractivity contribution in [3.63, 3.8) is 0 Å². The molecule has 3 aliphatic rings. The molecule has 3 atom stereocenters. The topological polar surface area (TPSA) is 138 Å². The van der Waals surface area contributed by atoms with Gasteiger partial charge in [0.1, 0.15) is 17.2 Å². The van der Waals surface area contributed by atoms with Crippen molar-refractivity contribution >= 4 is 23.4 Å². The van der Waals surface area contributed by atoms with Crippen molar-refractivity contribution in [1.29, 1.82) is 0 Å². The lowest BCUT2D eigenvalue weighted by molar-refractivity contribution is -0.134. The summed E-state index contributed by atoms with van der Waals surface area (Å²) in [6.07, 6.45) is 6.08. The molecular weight excluding hydrogens is 502 g/mol. The molecule has 2 saturated carbocycles. The Morgan fingerprint density at radius 2 is 1.75 bits per heavy atom. The maximum Gasteiger partial charge on any atom is 0.275 e. The predicted octanol–water partition coefficient (Wildman–Crippen LogP) is 3.96. The number of nitrogens with one attached hydrogen (secondary N) is 2. The number of aliphatic imine (C=N–C) groups is 1. The van der Waals surface area contributed by atoms with E-state index in [-0.39, 0.29) is 30.2 Å². The van der Waals surface area contributed by atoms with Crippen molar-refractivity contribution < 1.29 is 9.59 Å². The molecule has 2 amide bonds. The lowest BCUT2D eigenvalue weighted by Gasteiger charge is -2.47. The average Bonchev–Trinajstić information content (AvgIpc) is 3.75. The summed E-state index contributed by atoms with van der Waals surface area (Å²) in [6.45, 7) is 6.73. The van der Waals surface area contributed by atoms with Crippen LogP contribution in [-0.4, -0.2) is 40.5 Å². The van der Waals surface area contributed by atoms with Crippen molar-refractivity contribution in [2.24, 2.45) is 33.5 Å². The summed E-state index contributed by atoms with van der Waals surface area (Å²) < 4.78 is 0. The summed E-state index contributed by atoms with van der Waals surface area (Å²) >= 11 is 0. The SMILES string of the molecule is CC[C@H](c1ccc(C(=O)NCC(N)=NNN)cc1)N1C(=O)C(c2ccc(C3CC3)cc2)=NC12CC(C)CC(C)C2. The van der Waals surface area contributed by atoms with Gasteiger partial charge in [-0.1, -0.05) is 57.2 Å². The molecule has 1 spiro atoms. The first kappa shape index (κ1) is 27.8. The van der Waals surface area contributed by atoms with E-state index in [0.717, 1.165) is 36.8 Å². The van der Waals surface area contributed by atoms with E-state index >= 15 is 0 Å². The quantitative estimate of drug-likeness (QED) is 0.164. The van der Waals surface area contributed by atoms with Gasteiger partial charge in [0.2, 0.25) is 0 Å². The molecule has 40 heavy (non-hydrogen) atoms. The number of amides is 2. The highest BCUT2D eigenvalue weighted by Gasteiger charge is 2.52. The van der Waals surface area contributed by atoms with Gasteiger partial charge in [0.25, 0.3) is 11.8 Å². The van der Waals surface area contributed by atoms with E-state index in [4.69, 9.17) is 16.6 Å². The molecule has 6 N–H and O–H groups in total. The molecule has 1 heterocycles. The second kappa shape index (κ2) is 11.4. The maximum absolute atomic E-state index is 14.3. The van der Waals surface area contributed by atoms with Crippen LogP contribution in [0.1, 0.15) is 98.3 Å². The van der Waals surface area contributed by atoms with E-state index in [0.29, 0.717) is 29.0 Å². The number of hydrazine groups is 1. The van der Waals surface area contributed by atoms with Gasteiger partial charge in [0.05, 0.1) is 12.6 Å². The Morgan fingerprint density at radius 3 is 2.33 bits per heavy atom. The molecule has 1 aliphatic heterocycles. The fourth-order valence-electron chi connectivity index (χ4n) is 6.72. The van der Waals surface area contributed by atoms with Crippen molar-refractivity contribution in [2.45, 2.75) is 76.9 Å². The highest BCUT2D eigenvalue weighted by molar-refractivity contribution is 6.46. The van der Waals surface area contributed by atoms with Crippen LogP contribution < -0.4 is 22.4 Å². The lowest BCUT2D eigenvalue weighted by atomic mass is 9.75. The van der Waals surface area contributed by atoms with E-state index in [1.54, 1.807) is 12.1 Å². The Morgan fingerprint density at radius 1 is 1.10 bits per heavy atom. The van der Waals surface area contributed by atoms with Gasteiger partial charge in [-0.3, -0.25) is 14.6 Å². The number of hydrogen-bond acceptors (Lipinski definition) is 6. The number of hydrogen-bond donors (Lipinski definition) is 4. The number of amidine groups is 1. The molecule has 5 rings (SSSR count). The third-order valence-corrected chi connectivity index (χ3v) is 8.47. The Bertz CT molecular complexity index is 1290. The predicted molar refractivity (Wildman–Crippen MR) is 157 cm³/mol. The maximum atomic E-state index is 14.3. The van der Waals surface area contributed by atoms with E-state index in [1.165, 1.54) is 18.4 Å². The standard InChI is InChI=1S/C31H41N7O2/c1-4-26(23-9-13-25(14-10-23)29(39)34-18-27(32)36-37-33)38-30(40)28(24-11-7-22(8-12-24)21-5-6-21)35-31(38)16-19(2)15-20(3)17-31/h7-14,19-21,26,37H,4-6,15-18,33H2,1-3H3,(H2,32,36)(H,34,39)/t19?,20?,26-,31?/m1/s1. The molecule has 2 aromatic carbocycles. The molecule has 9 nitrogen and oxygen atoms in total. The molecule has 0 radical (unpaired) electrons. The first-order valence-electron chi connectivity index (χ1n) is 14.4. The van der Waals surface area contributed by atoms with E-state index in [1.807, 2.05) is 12.1 Å². The van der Waals surface area contributed by atoms with Crippen LogP contribution >= 0.6 is 0 Å². The molecule has 0 bridgehead atoms. The highest BCUT2D eigenvalue weighted by atomic mass is 16.2. The number of benzene rings is 2. The number of nitrogens with two attached hydrogens (primary N) is 2. The number of rotatable bonds is 9. The minimum absolute atomic E-state index is 0.00239. The molecule has 9 heteroatoms. The molecule has 2 aliphatic carbocycles. The lowest BCUT2D eigenvalue weighted by Crippen LogP contribution is -2.52. The molecule has 2 unspecified atom stereocenters. The summed E-state index contributed by atoms with van der Waals surface area (Å²) in [5.74, 6) is 6.63. The minimum atomic E-state index is -0.566. The fourth-order valence-corrected chi connectivity index (χ4v) is 6.72. The molecule has 2 aromatic rings. The van der Waals surface area contributed by atoms with Crippen LogP contribution in [0.5, 0.6) is 0 Å². The van der Waals surface area contributed by atoms with Crippen LogP contribution in [0.2, 0.25) is 0 Å². The van der Waals surface area contributed by atoms with Gasteiger partial charge in [0, 0.05) is 11.1 Å². The van der Waals surface area contributed by atoms with Gasteiger partial charge in [-0.15, -0.1) is 0 Å². The van der Waals surface area contributed by atoms with Crippen molar-refractivity contribution in [2.75, 3.05) is 6.54 Å². The zero-order chi connectivity index (χ0) is 28.4. The van der Waals surface area contributed by atoms with Crippen LogP contribution in [0, 0.1) is 11.8 Å². The Kier molecular flexibility index (Phi) is 7.94. The summed E-state index contributed by atoms with van der Waals surface area (Å²) in [4.78, 5) is 34.3. The van der Waals surface area contributed by atoms with Gasteiger partial charge in [0.15, 0.2) is 0 Å². The van der Waals surface area contributed by atoms with Crippen LogP contribution in [0.25, 0.3) is 0 Å². The zero-order valence-corrected chi connectivity index (χ0v) is 23.7. The number of hydrazone groups is 1. The van der Waals surface area contributed by atoms with Crippen molar-refractivity contribution in [1.82, 2.24) is 15.8 Å². The van der Waals surface area contributed by atoms with Crippen molar-refractivity contribution in [3.8, 4) is 0 Å². The van der Waals surface area contributed by atoms with Crippen LogP contribution in [-0.2, 0) is 4.79 Å². The van der Waals surface area contributed by atoms with Gasteiger partial charge >= 0.3 is 0 Å². The minimum Gasteiger partial charge on any atom is -0.384 e. The second-order valence-corrected chi connectivity index (χ2v) is 11.8. The first-order chi connectivity index (χ1) is 19.2. The molecule has 212 valence electrons. The average molecular weight is 544 g/mol. The van der Waals surface area contributed by atoms with Crippen LogP contribution in [0.3, 0.4) is 0 Å². The molecule has 0 saturated heterocycles.